The normalized spacial score (nSPS) is 11.1. The summed E-state index contributed by atoms with van der Waals surface area (Å²) in [5.41, 5.74) is 4.37. The van der Waals surface area contributed by atoms with E-state index in [2.05, 4.69) is 20.8 Å². The number of amides is 1. The van der Waals surface area contributed by atoms with Gasteiger partial charge in [0.15, 0.2) is 11.5 Å². The number of aromatic nitrogens is 3. The Morgan fingerprint density at radius 1 is 1.22 bits per heavy atom. The number of fused-ring (bicyclic) bond motifs is 1. The van der Waals surface area contributed by atoms with Crippen molar-refractivity contribution in [2.45, 2.75) is 6.54 Å². The summed E-state index contributed by atoms with van der Waals surface area (Å²) < 4.78 is 1.48. The van der Waals surface area contributed by atoms with Gasteiger partial charge in [0.2, 0.25) is 0 Å². The topological polar surface area (TPSA) is 113 Å². The highest BCUT2D eigenvalue weighted by Gasteiger charge is 2.07. The number of hydrazone groups is 1. The van der Waals surface area contributed by atoms with Crippen LogP contribution in [0.3, 0.4) is 0 Å². The molecule has 0 unspecified atom stereocenters. The first-order valence-electron chi connectivity index (χ1n) is 6.75. The first-order valence-corrected chi connectivity index (χ1v) is 6.75. The number of hydrogen-bond donors (Lipinski definition) is 3. The number of carbonyl (C=O) groups excluding carboxylic acids is 1. The molecule has 3 N–H and O–H groups in total. The first kappa shape index (κ1) is 14.5. The lowest BCUT2D eigenvalue weighted by atomic mass is 10.2. The van der Waals surface area contributed by atoms with Crippen LogP contribution in [0.1, 0.15) is 5.56 Å². The highest BCUT2D eigenvalue weighted by Crippen LogP contribution is 2.23. The van der Waals surface area contributed by atoms with Gasteiger partial charge in [0.05, 0.1) is 11.7 Å². The molecule has 0 aliphatic carbocycles. The van der Waals surface area contributed by atoms with Crippen LogP contribution in [0.4, 0.5) is 0 Å². The van der Waals surface area contributed by atoms with Gasteiger partial charge in [-0.15, -0.1) is 5.10 Å². The van der Waals surface area contributed by atoms with Crippen molar-refractivity contribution in [3.05, 3.63) is 48.0 Å². The average molecular weight is 311 g/mol. The molecule has 3 aromatic rings. The van der Waals surface area contributed by atoms with Gasteiger partial charge in [-0.2, -0.15) is 5.10 Å². The molecule has 0 radical (unpaired) electrons. The highest BCUT2D eigenvalue weighted by molar-refractivity contribution is 5.84. The monoisotopic (exact) mass is 311 g/mol. The lowest BCUT2D eigenvalue weighted by Crippen LogP contribution is -2.23. The molecule has 1 amide bonds. The largest absolute Gasteiger partial charge is 0.504 e. The molecule has 0 aliphatic rings. The van der Waals surface area contributed by atoms with Crippen molar-refractivity contribution >= 4 is 23.2 Å². The Hall–Kier alpha value is -3.42. The summed E-state index contributed by atoms with van der Waals surface area (Å²) in [7, 11) is 0. The Balaban J connectivity index is 1.63. The van der Waals surface area contributed by atoms with Crippen molar-refractivity contribution in [2.24, 2.45) is 5.10 Å². The molecule has 0 bridgehead atoms. The summed E-state index contributed by atoms with van der Waals surface area (Å²) in [6.07, 6.45) is 1.36. The van der Waals surface area contributed by atoms with Gasteiger partial charge in [-0.3, -0.25) is 4.79 Å². The number of rotatable bonds is 4. The van der Waals surface area contributed by atoms with Crippen LogP contribution >= 0.6 is 0 Å². The van der Waals surface area contributed by atoms with E-state index in [0.29, 0.717) is 11.1 Å². The van der Waals surface area contributed by atoms with Crippen LogP contribution in [-0.4, -0.2) is 37.3 Å². The molecule has 1 heterocycles. The number of benzene rings is 2. The van der Waals surface area contributed by atoms with E-state index in [-0.39, 0.29) is 24.0 Å². The Kier molecular flexibility index (Phi) is 3.88. The second-order valence-electron chi connectivity index (χ2n) is 4.78. The SMILES string of the molecule is O=C(Cn1nnc2ccccc21)N/N=C/c1ccc(O)c(O)c1. The van der Waals surface area contributed by atoms with Crippen LogP contribution < -0.4 is 5.43 Å². The second kappa shape index (κ2) is 6.14. The molecule has 8 heteroatoms. The molecule has 0 saturated carbocycles. The molecular formula is C15H13N5O3. The van der Waals surface area contributed by atoms with Crippen molar-refractivity contribution in [2.75, 3.05) is 0 Å². The third-order valence-electron chi connectivity index (χ3n) is 3.12. The Morgan fingerprint density at radius 3 is 2.87 bits per heavy atom. The molecule has 0 atom stereocenters. The molecule has 0 fully saturated rings. The van der Waals surface area contributed by atoms with Crippen molar-refractivity contribution in [3.8, 4) is 11.5 Å². The fraction of sp³-hybridized carbons (Fsp3) is 0.0667. The molecular weight excluding hydrogens is 298 g/mol. The summed E-state index contributed by atoms with van der Waals surface area (Å²) >= 11 is 0. The number of aromatic hydroxyl groups is 2. The minimum Gasteiger partial charge on any atom is -0.504 e. The summed E-state index contributed by atoms with van der Waals surface area (Å²) in [6.45, 7) is -0.0152. The number of carbonyl (C=O) groups is 1. The van der Waals surface area contributed by atoms with E-state index in [1.165, 1.54) is 23.0 Å². The van der Waals surface area contributed by atoms with E-state index >= 15 is 0 Å². The molecule has 8 nitrogen and oxygen atoms in total. The molecule has 116 valence electrons. The number of nitrogens with one attached hydrogen (secondary N) is 1. The van der Waals surface area contributed by atoms with E-state index in [0.717, 1.165) is 5.52 Å². The zero-order chi connectivity index (χ0) is 16.2. The zero-order valence-electron chi connectivity index (χ0n) is 11.9. The second-order valence-corrected chi connectivity index (χ2v) is 4.78. The number of phenols is 2. The van der Waals surface area contributed by atoms with E-state index < -0.39 is 0 Å². The van der Waals surface area contributed by atoms with Crippen LogP contribution in [0.2, 0.25) is 0 Å². The zero-order valence-corrected chi connectivity index (χ0v) is 11.9. The Morgan fingerprint density at radius 2 is 2.04 bits per heavy atom. The number of phenolic OH excluding ortho intramolecular Hbond substituents is 2. The van der Waals surface area contributed by atoms with E-state index in [1.54, 1.807) is 6.07 Å². The predicted molar refractivity (Wildman–Crippen MR) is 83.0 cm³/mol. The molecule has 2 aromatic carbocycles. The maximum Gasteiger partial charge on any atom is 0.261 e. The van der Waals surface area contributed by atoms with E-state index in [1.807, 2.05) is 24.3 Å². The fourth-order valence-corrected chi connectivity index (χ4v) is 2.01. The average Bonchev–Trinajstić information content (AvgIpc) is 2.94. The third-order valence-corrected chi connectivity index (χ3v) is 3.12. The molecule has 3 rings (SSSR count). The summed E-state index contributed by atoms with van der Waals surface area (Å²) in [5.74, 6) is -0.835. The molecule has 1 aromatic heterocycles. The molecule has 0 saturated heterocycles. The van der Waals surface area contributed by atoms with Crippen LogP contribution in [0.5, 0.6) is 11.5 Å². The van der Waals surface area contributed by atoms with Gasteiger partial charge in [-0.1, -0.05) is 17.3 Å². The quantitative estimate of drug-likeness (QED) is 0.378. The lowest BCUT2D eigenvalue weighted by Gasteiger charge is -2.01. The van der Waals surface area contributed by atoms with Crippen LogP contribution in [0.15, 0.2) is 47.6 Å². The number of para-hydroxylation sites is 1. The van der Waals surface area contributed by atoms with Gasteiger partial charge >= 0.3 is 0 Å². The van der Waals surface area contributed by atoms with Crippen molar-refractivity contribution in [1.29, 1.82) is 0 Å². The predicted octanol–water partition coefficient (Wildman–Crippen LogP) is 0.993. The fourth-order valence-electron chi connectivity index (χ4n) is 2.01. The summed E-state index contributed by atoms with van der Waals surface area (Å²) in [4.78, 5) is 11.9. The third kappa shape index (κ3) is 3.26. The van der Waals surface area contributed by atoms with Crippen LogP contribution in [-0.2, 0) is 11.3 Å². The lowest BCUT2D eigenvalue weighted by molar-refractivity contribution is -0.121. The van der Waals surface area contributed by atoms with E-state index in [9.17, 15) is 15.0 Å². The number of nitrogens with zero attached hydrogens (tertiary/aromatic N) is 4. The molecule has 0 spiro atoms. The Bertz CT molecular complexity index is 888. The van der Waals surface area contributed by atoms with Gasteiger partial charge < -0.3 is 10.2 Å². The van der Waals surface area contributed by atoms with Gasteiger partial charge in [-0.25, -0.2) is 10.1 Å². The molecule has 23 heavy (non-hydrogen) atoms. The highest BCUT2D eigenvalue weighted by atomic mass is 16.3. The van der Waals surface area contributed by atoms with Gasteiger partial charge in [-0.05, 0) is 35.9 Å². The summed E-state index contributed by atoms with van der Waals surface area (Å²) in [5, 5.41) is 30.2. The van der Waals surface area contributed by atoms with Crippen molar-refractivity contribution < 1.29 is 15.0 Å². The van der Waals surface area contributed by atoms with Gasteiger partial charge in [0, 0.05) is 0 Å². The minimum atomic E-state index is -0.361. The maximum absolute atomic E-state index is 11.9. The van der Waals surface area contributed by atoms with Crippen molar-refractivity contribution in [1.82, 2.24) is 20.4 Å². The van der Waals surface area contributed by atoms with Gasteiger partial charge in [0.25, 0.3) is 5.91 Å². The van der Waals surface area contributed by atoms with E-state index in [4.69, 9.17) is 0 Å². The van der Waals surface area contributed by atoms with Crippen LogP contribution in [0.25, 0.3) is 11.0 Å². The van der Waals surface area contributed by atoms with Gasteiger partial charge in [0.1, 0.15) is 12.1 Å². The smallest absolute Gasteiger partial charge is 0.261 e. The summed E-state index contributed by atoms with van der Waals surface area (Å²) in [6, 6.07) is 11.5. The maximum atomic E-state index is 11.9. The molecule has 0 aliphatic heterocycles. The minimum absolute atomic E-state index is 0.0152. The number of hydrogen-bond acceptors (Lipinski definition) is 6. The first-order chi connectivity index (χ1) is 11.1. The Labute approximate surface area is 130 Å². The van der Waals surface area contributed by atoms with Crippen molar-refractivity contribution in [3.63, 3.8) is 0 Å². The van der Waals surface area contributed by atoms with Crippen LogP contribution in [0, 0.1) is 0 Å². The standard InChI is InChI=1S/C15H13N5O3/c21-13-6-5-10(7-14(13)22)8-16-18-15(23)9-20-12-4-2-1-3-11(12)17-19-20/h1-8,21-22H,9H2,(H,18,23)/b16-8+.